The van der Waals surface area contributed by atoms with Gasteiger partial charge in [0.2, 0.25) is 10.0 Å². The van der Waals surface area contributed by atoms with E-state index in [0.29, 0.717) is 17.9 Å². The van der Waals surface area contributed by atoms with E-state index >= 15 is 0 Å². The molecule has 0 unspecified atom stereocenters. The lowest BCUT2D eigenvalue weighted by Gasteiger charge is -2.12. The van der Waals surface area contributed by atoms with Crippen molar-refractivity contribution in [1.29, 1.82) is 0 Å². The molecule has 136 valence electrons. The van der Waals surface area contributed by atoms with Crippen LogP contribution in [0.15, 0.2) is 58.9 Å². The van der Waals surface area contributed by atoms with Crippen molar-refractivity contribution in [2.45, 2.75) is 11.4 Å². The number of nitrogens with zero attached hydrogens (tertiary/aromatic N) is 3. The molecule has 3 rings (SSSR count). The van der Waals surface area contributed by atoms with Crippen LogP contribution in [-0.2, 0) is 16.6 Å². The number of hydrogen-bond donors (Lipinski definition) is 1. The van der Waals surface area contributed by atoms with Gasteiger partial charge in [0.15, 0.2) is 0 Å². The largest absolute Gasteiger partial charge is 0.307 e. The number of rotatable bonds is 6. The van der Waals surface area contributed by atoms with E-state index in [0.717, 1.165) is 9.18 Å². The molecule has 3 aromatic rings. The molecule has 0 aliphatic heterocycles. The summed E-state index contributed by atoms with van der Waals surface area (Å²) in [6.45, 7) is 0.570. The first-order valence-electron chi connectivity index (χ1n) is 7.76. The number of hydrogen-bond acceptors (Lipinski definition) is 5. The molecule has 26 heavy (non-hydrogen) atoms. The van der Waals surface area contributed by atoms with Crippen molar-refractivity contribution >= 4 is 33.1 Å². The fourth-order valence-electron chi connectivity index (χ4n) is 2.29. The Morgan fingerprint density at radius 2 is 1.92 bits per heavy atom. The van der Waals surface area contributed by atoms with Gasteiger partial charge in [-0.1, -0.05) is 6.07 Å². The zero-order valence-corrected chi connectivity index (χ0v) is 15.9. The third kappa shape index (κ3) is 3.85. The highest BCUT2D eigenvalue weighted by Crippen LogP contribution is 2.17. The van der Waals surface area contributed by atoms with E-state index in [4.69, 9.17) is 0 Å². The second-order valence-corrected chi connectivity index (χ2v) is 8.90. The van der Waals surface area contributed by atoms with Gasteiger partial charge >= 0.3 is 0 Å². The molecular formula is C17H18N4O3S2. The average molecular weight is 390 g/mol. The van der Waals surface area contributed by atoms with Crippen LogP contribution in [0.2, 0.25) is 0 Å². The SMILES string of the molecule is CN(C)S(=O)(=O)c1ccc(C(=O)Nc2ccnn2Cc2cccs2)cc1. The molecule has 2 aromatic heterocycles. The Bertz CT molecular complexity index is 991. The maximum atomic E-state index is 12.5. The van der Waals surface area contributed by atoms with Crippen LogP contribution >= 0.6 is 11.3 Å². The van der Waals surface area contributed by atoms with Crippen molar-refractivity contribution in [1.82, 2.24) is 14.1 Å². The molecule has 2 heterocycles. The quantitative estimate of drug-likeness (QED) is 0.701. The summed E-state index contributed by atoms with van der Waals surface area (Å²) >= 11 is 1.62. The highest BCUT2D eigenvalue weighted by molar-refractivity contribution is 7.89. The number of amides is 1. The smallest absolute Gasteiger partial charge is 0.256 e. The summed E-state index contributed by atoms with van der Waals surface area (Å²) in [4.78, 5) is 13.7. The van der Waals surface area contributed by atoms with E-state index in [2.05, 4.69) is 10.4 Å². The summed E-state index contributed by atoms with van der Waals surface area (Å²) in [5.41, 5.74) is 0.367. The van der Waals surface area contributed by atoms with Crippen LogP contribution in [0.25, 0.3) is 0 Å². The zero-order valence-electron chi connectivity index (χ0n) is 14.3. The number of benzene rings is 1. The van der Waals surface area contributed by atoms with Crippen molar-refractivity contribution < 1.29 is 13.2 Å². The van der Waals surface area contributed by atoms with Gasteiger partial charge in [0.25, 0.3) is 5.91 Å². The summed E-state index contributed by atoms with van der Waals surface area (Å²) in [6.07, 6.45) is 1.62. The van der Waals surface area contributed by atoms with Crippen molar-refractivity contribution in [2.24, 2.45) is 0 Å². The molecule has 0 atom stereocenters. The Morgan fingerprint density at radius 1 is 1.19 bits per heavy atom. The van der Waals surface area contributed by atoms with Crippen LogP contribution in [0.3, 0.4) is 0 Å². The van der Waals surface area contributed by atoms with E-state index < -0.39 is 10.0 Å². The summed E-state index contributed by atoms with van der Waals surface area (Å²) in [7, 11) is -0.590. The number of thiophene rings is 1. The lowest BCUT2D eigenvalue weighted by molar-refractivity contribution is 0.102. The lowest BCUT2D eigenvalue weighted by atomic mass is 10.2. The number of anilines is 1. The van der Waals surface area contributed by atoms with Gasteiger partial charge in [0.1, 0.15) is 5.82 Å². The van der Waals surface area contributed by atoms with Crippen LogP contribution in [0.5, 0.6) is 0 Å². The first-order valence-corrected chi connectivity index (χ1v) is 10.1. The topological polar surface area (TPSA) is 84.3 Å². The first-order chi connectivity index (χ1) is 12.4. The third-order valence-corrected chi connectivity index (χ3v) is 6.43. The summed E-state index contributed by atoms with van der Waals surface area (Å²) in [5, 5.41) is 9.02. The predicted molar refractivity (Wildman–Crippen MR) is 101 cm³/mol. The Balaban J connectivity index is 1.74. The van der Waals surface area contributed by atoms with Gasteiger partial charge in [-0.05, 0) is 35.7 Å². The number of sulfonamides is 1. The molecule has 1 aromatic carbocycles. The third-order valence-electron chi connectivity index (χ3n) is 3.74. The highest BCUT2D eigenvalue weighted by Gasteiger charge is 2.18. The summed E-state index contributed by atoms with van der Waals surface area (Å²) in [6, 6.07) is 11.5. The van der Waals surface area contributed by atoms with Gasteiger partial charge in [0, 0.05) is 30.6 Å². The molecule has 1 N–H and O–H groups in total. The van der Waals surface area contributed by atoms with Gasteiger partial charge in [-0.15, -0.1) is 11.3 Å². The Kier molecular flexibility index (Phi) is 5.21. The van der Waals surface area contributed by atoms with Gasteiger partial charge < -0.3 is 5.32 Å². The molecule has 0 spiro atoms. The van der Waals surface area contributed by atoms with Crippen LogP contribution in [0.4, 0.5) is 5.82 Å². The molecule has 9 heteroatoms. The number of carbonyl (C=O) groups is 1. The average Bonchev–Trinajstić information content (AvgIpc) is 3.28. The van der Waals surface area contributed by atoms with E-state index in [-0.39, 0.29) is 10.8 Å². The van der Waals surface area contributed by atoms with Crippen LogP contribution in [0, 0.1) is 0 Å². The fourth-order valence-corrected chi connectivity index (χ4v) is 3.88. The Labute approximate surface area is 155 Å². The van der Waals surface area contributed by atoms with E-state index in [1.165, 1.54) is 38.4 Å². The van der Waals surface area contributed by atoms with Crippen molar-refractivity contribution in [3.8, 4) is 0 Å². The second kappa shape index (κ2) is 7.40. The first kappa shape index (κ1) is 18.3. The minimum absolute atomic E-state index is 0.141. The molecule has 0 radical (unpaired) electrons. The fraction of sp³-hybridized carbons (Fsp3) is 0.176. The molecule has 0 bridgehead atoms. The maximum Gasteiger partial charge on any atom is 0.256 e. The van der Waals surface area contributed by atoms with Crippen molar-refractivity contribution in [3.63, 3.8) is 0 Å². The Hall–Kier alpha value is -2.49. The maximum absolute atomic E-state index is 12.5. The minimum Gasteiger partial charge on any atom is -0.307 e. The van der Waals surface area contributed by atoms with Crippen LogP contribution in [-0.4, -0.2) is 42.5 Å². The molecule has 1 amide bonds. The van der Waals surface area contributed by atoms with Gasteiger partial charge in [-0.3, -0.25) is 4.79 Å². The van der Waals surface area contributed by atoms with Crippen molar-refractivity contribution in [2.75, 3.05) is 19.4 Å². The zero-order chi connectivity index (χ0) is 18.7. The van der Waals surface area contributed by atoms with Gasteiger partial charge in [0.05, 0.1) is 17.6 Å². The van der Waals surface area contributed by atoms with E-state index in [1.54, 1.807) is 28.3 Å². The molecule has 0 saturated carbocycles. The molecule has 0 saturated heterocycles. The van der Waals surface area contributed by atoms with Crippen LogP contribution < -0.4 is 5.32 Å². The molecule has 0 aliphatic rings. The molecule has 7 nitrogen and oxygen atoms in total. The van der Waals surface area contributed by atoms with Crippen LogP contribution in [0.1, 0.15) is 15.2 Å². The number of nitrogens with one attached hydrogen (secondary N) is 1. The number of carbonyl (C=O) groups excluding carboxylic acids is 1. The summed E-state index contributed by atoms with van der Waals surface area (Å²) in [5.74, 6) is 0.250. The monoisotopic (exact) mass is 390 g/mol. The Morgan fingerprint density at radius 3 is 2.54 bits per heavy atom. The summed E-state index contributed by atoms with van der Waals surface area (Å²) < 4.78 is 27.0. The molecule has 0 fully saturated rings. The molecular weight excluding hydrogens is 372 g/mol. The number of aromatic nitrogens is 2. The van der Waals surface area contributed by atoms with Gasteiger partial charge in [-0.2, -0.15) is 5.10 Å². The molecule has 0 aliphatic carbocycles. The van der Waals surface area contributed by atoms with Crippen molar-refractivity contribution in [3.05, 3.63) is 64.5 Å². The van der Waals surface area contributed by atoms with E-state index in [1.807, 2.05) is 17.5 Å². The van der Waals surface area contributed by atoms with Gasteiger partial charge in [-0.25, -0.2) is 17.4 Å². The minimum atomic E-state index is -3.52. The predicted octanol–water partition coefficient (Wildman–Crippen LogP) is 2.50. The second-order valence-electron chi connectivity index (χ2n) is 5.72. The lowest BCUT2D eigenvalue weighted by Crippen LogP contribution is -2.22. The standard InChI is InChI=1S/C17H18N4O3S2/c1-20(2)26(23,24)15-7-5-13(6-8-15)17(22)19-16-9-10-18-21(16)12-14-4-3-11-25-14/h3-11H,12H2,1-2H3,(H,19,22). The highest BCUT2D eigenvalue weighted by atomic mass is 32.2. The van der Waals surface area contributed by atoms with E-state index in [9.17, 15) is 13.2 Å². The normalized spacial score (nSPS) is 11.7.